The number of carbonyl (C=O) groups is 1. The van der Waals surface area contributed by atoms with Crippen LogP contribution in [0.5, 0.6) is 11.5 Å². The predicted molar refractivity (Wildman–Crippen MR) is 123 cm³/mol. The summed E-state index contributed by atoms with van der Waals surface area (Å²) in [6.45, 7) is 0. The smallest absolute Gasteiger partial charge is 0.268 e. The van der Waals surface area contributed by atoms with Crippen LogP contribution >= 0.6 is 0 Å². The second kappa shape index (κ2) is 9.90. The van der Waals surface area contributed by atoms with E-state index in [1.165, 1.54) is 7.11 Å². The first-order chi connectivity index (χ1) is 16.1. The number of anilines is 1. The molecule has 0 radical (unpaired) electrons. The summed E-state index contributed by atoms with van der Waals surface area (Å²) in [5.74, 6) is 0.800. The highest BCUT2D eigenvalue weighted by molar-refractivity contribution is 6.05. The summed E-state index contributed by atoms with van der Waals surface area (Å²) < 4.78 is 10.6. The van der Waals surface area contributed by atoms with Gasteiger partial charge < -0.3 is 19.6 Å². The van der Waals surface area contributed by atoms with Crippen LogP contribution < -0.4 is 14.8 Å². The molecule has 0 saturated carbocycles. The van der Waals surface area contributed by atoms with Crippen molar-refractivity contribution >= 4 is 17.3 Å². The van der Waals surface area contributed by atoms with Gasteiger partial charge in [-0.3, -0.25) is 9.78 Å². The molecule has 33 heavy (non-hydrogen) atoms. The van der Waals surface area contributed by atoms with Gasteiger partial charge in [0.1, 0.15) is 17.5 Å². The molecule has 0 spiro atoms. The minimum atomic E-state index is -0.774. The molecular weight excluding hydrogens is 424 g/mol. The van der Waals surface area contributed by atoms with E-state index in [1.807, 2.05) is 6.07 Å². The van der Waals surface area contributed by atoms with Crippen molar-refractivity contribution in [1.82, 2.24) is 4.98 Å². The zero-order valence-corrected chi connectivity index (χ0v) is 18.1. The molecule has 9 nitrogen and oxygen atoms in total. The van der Waals surface area contributed by atoms with E-state index in [9.17, 15) is 9.70 Å². The van der Waals surface area contributed by atoms with Crippen molar-refractivity contribution in [2.24, 2.45) is 10.3 Å². The van der Waals surface area contributed by atoms with E-state index in [-0.39, 0.29) is 5.91 Å². The van der Waals surface area contributed by atoms with Crippen molar-refractivity contribution in [2.75, 3.05) is 19.5 Å². The molecule has 0 aliphatic carbocycles. The third-order valence-electron chi connectivity index (χ3n) is 5.29. The van der Waals surface area contributed by atoms with Gasteiger partial charge >= 0.3 is 0 Å². The third kappa shape index (κ3) is 4.82. The maximum absolute atomic E-state index is 12.6. The highest BCUT2D eigenvalue weighted by atomic mass is 16.6. The van der Waals surface area contributed by atoms with Crippen LogP contribution in [0, 0.1) is 4.91 Å². The van der Waals surface area contributed by atoms with Gasteiger partial charge in [0.05, 0.1) is 19.9 Å². The van der Waals surface area contributed by atoms with Crippen LogP contribution in [0.15, 0.2) is 77.3 Å². The molecule has 1 aliphatic rings. The van der Waals surface area contributed by atoms with E-state index in [4.69, 9.17) is 14.3 Å². The Hall–Kier alpha value is -4.27. The van der Waals surface area contributed by atoms with Gasteiger partial charge in [0, 0.05) is 41.7 Å². The Kier molecular flexibility index (Phi) is 6.58. The number of benzene rings is 2. The third-order valence-corrected chi connectivity index (χ3v) is 5.29. The number of hydrogen-bond donors (Lipinski definition) is 1. The molecule has 0 fully saturated rings. The molecule has 1 amide bonds. The van der Waals surface area contributed by atoms with E-state index in [0.717, 1.165) is 5.56 Å². The van der Waals surface area contributed by atoms with Gasteiger partial charge in [0.25, 0.3) is 5.91 Å². The fourth-order valence-corrected chi connectivity index (χ4v) is 3.54. The average Bonchev–Trinajstić information content (AvgIpc) is 3.37. The fourth-order valence-electron chi connectivity index (χ4n) is 3.54. The summed E-state index contributed by atoms with van der Waals surface area (Å²) in [6.07, 6.45) is 2.97. The number of aromatic nitrogens is 1. The van der Waals surface area contributed by atoms with Crippen molar-refractivity contribution in [3.63, 3.8) is 0 Å². The minimum Gasteiger partial charge on any atom is -0.497 e. The van der Waals surface area contributed by atoms with Gasteiger partial charge in [-0.2, -0.15) is 0 Å². The van der Waals surface area contributed by atoms with Gasteiger partial charge in [-0.25, -0.2) is 0 Å². The lowest BCUT2D eigenvalue weighted by atomic mass is 9.98. The van der Waals surface area contributed by atoms with Gasteiger partial charge in [-0.1, -0.05) is 22.5 Å². The topological polar surface area (TPSA) is 111 Å². The second-order valence-corrected chi connectivity index (χ2v) is 7.30. The summed E-state index contributed by atoms with van der Waals surface area (Å²) >= 11 is 0. The first-order valence-electron chi connectivity index (χ1n) is 10.2. The zero-order chi connectivity index (χ0) is 23.2. The van der Waals surface area contributed by atoms with E-state index >= 15 is 0 Å². The molecule has 1 aromatic heterocycles. The van der Waals surface area contributed by atoms with Gasteiger partial charge in [-0.15, -0.1) is 4.91 Å². The second-order valence-electron chi connectivity index (χ2n) is 7.30. The van der Waals surface area contributed by atoms with E-state index < -0.39 is 12.1 Å². The molecule has 2 aromatic carbocycles. The Morgan fingerprint density at radius 3 is 2.64 bits per heavy atom. The van der Waals surface area contributed by atoms with Crippen molar-refractivity contribution in [2.45, 2.75) is 18.6 Å². The molecule has 0 saturated heterocycles. The predicted octanol–water partition coefficient (Wildman–Crippen LogP) is 4.09. The number of oxime groups is 1. The Labute approximate surface area is 190 Å². The van der Waals surface area contributed by atoms with Crippen LogP contribution in [0.4, 0.5) is 5.69 Å². The van der Waals surface area contributed by atoms with Crippen molar-refractivity contribution in [1.29, 1.82) is 0 Å². The summed E-state index contributed by atoms with van der Waals surface area (Å²) in [4.78, 5) is 33.6. The first-order valence-corrected chi connectivity index (χ1v) is 10.2. The highest BCUT2D eigenvalue weighted by Crippen LogP contribution is 2.35. The van der Waals surface area contributed by atoms with E-state index in [2.05, 4.69) is 20.6 Å². The van der Waals surface area contributed by atoms with Gasteiger partial charge in [0.2, 0.25) is 6.10 Å². The normalized spacial score (nSPS) is 15.7. The number of pyridine rings is 1. The lowest BCUT2D eigenvalue weighted by molar-refractivity contribution is -0.125. The Balaban J connectivity index is 1.43. The lowest BCUT2D eigenvalue weighted by Gasteiger charge is -2.16. The first kappa shape index (κ1) is 21.9. The lowest BCUT2D eigenvalue weighted by Crippen LogP contribution is -2.28. The van der Waals surface area contributed by atoms with Crippen molar-refractivity contribution in [3.8, 4) is 11.5 Å². The molecule has 2 atom stereocenters. The highest BCUT2D eigenvalue weighted by Gasteiger charge is 2.29. The Bertz CT molecular complexity index is 1170. The number of nitrogens with zero attached hydrogens (tertiary/aromatic N) is 3. The molecule has 0 bridgehead atoms. The number of hydrogen-bond acceptors (Lipinski definition) is 8. The minimum absolute atomic E-state index is 0.313. The molecule has 9 heteroatoms. The molecule has 168 valence electrons. The van der Waals surface area contributed by atoms with Crippen LogP contribution in [0.25, 0.3) is 0 Å². The number of methoxy groups -OCH3 is 2. The summed E-state index contributed by atoms with van der Waals surface area (Å²) in [5.41, 5.74) is 3.33. The van der Waals surface area contributed by atoms with Crippen molar-refractivity contribution in [3.05, 3.63) is 88.6 Å². The van der Waals surface area contributed by atoms with Gasteiger partial charge in [-0.05, 0) is 42.0 Å². The van der Waals surface area contributed by atoms with E-state index in [0.29, 0.717) is 40.4 Å². The van der Waals surface area contributed by atoms with Crippen LogP contribution in [-0.2, 0) is 9.63 Å². The van der Waals surface area contributed by atoms with E-state index in [1.54, 1.807) is 68.0 Å². The Morgan fingerprint density at radius 2 is 1.97 bits per heavy atom. The van der Waals surface area contributed by atoms with Crippen LogP contribution in [0.2, 0.25) is 0 Å². The summed E-state index contributed by atoms with van der Waals surface area (Å²) in [6, 6.07) is 15.0. The number of nitroso groups, excluding NO2 is 1. The molecule has 3 aromatic rings. The van der Waals surface area contributed by atoms with Crippen molar-refractivity contribution < 1.29 is 19.1 Å². The number of rotatable bonds is 8. The largest absolute Gasteiger partial charge is 0.497 e. The molecule has 4 rings (SSSR count). The number of carbonyl (C=O) groups excluding carboxylic acids is 1. The monoisotopic (exact) mass is 446 g/mol. The number of nitrogens with one attached hydrogen (secondary N) is 1. The maximum Gasteiger partial charge on any atom is 0.268 e. The number of amides is 1. The van der Waals surface area contributed by atoms with Gasteiger partial charge in [0.15, 0.2) is 0 Å². The standard InChI is InChI=1S/C24H22N4O5/c1-31-18-9-10-19(21(12-18)32-2)23(27-30)15-5-7-17(8-6-15)26-24(29)22-13-20(28-33-22)16-4-3-11-25-14-16/h3-12,14,22-23H,13H2,1-2H3,(H,26,29). The molecule has 1 aliphatic heterocycles. The average molecular weight is 446 g/mol. The Morgan fingerprint density at radius 1 is 1.15 bits per heavy atom. The zero-order valence-electron chi connectivity index (χ0n) is 18.1. The van der Waals surface area contributed by atoms with Crippen LogP contribution in [0.1, 0.15) is 29.2 Å². The molecule has 2 unspecified atom stereocenters. The molecule has 1 N–H and O–H groups in total. The number of ether oxygens (including phenoxy) is 2. The SMILES string of the molecule is COc1ccc(C(N=O)c2ccc(NC(=O)C3CC(c4cccnc4)=NO3)cc2)c(OC)c1. The van der Waals surface area contributed by atoms with Crippen LogP contribution in [-0.4, -0.2) is 36.9 Å². The summed E-state index contributed by atoms with van der Waals surface area (Å²) in [5, 5.41) is 10.1. The summed E-state index contributed by atoms with van der Waals surface area (Å²) in [7, 11) is 3.08. The fraction of sp³-hybridized carbons (Fsp3) is 0.208. The molecular formula is C24H22N4O5. The maximum atomic E-state index is 12.6. The molecule has 2 heterocycles. The van der Waals surface area contributed by atoms with Crippen LogP contribution in [0.3, 0.4) is 0 Å². The quantitative estimate of drug-likeness (QED) is 0.522.